The van der Waals surface area contributed by atoms with Crippen molar-refractivity contribution < 1.29 is 19.7 Å². The van der Waals surface area contributed by atoms with Gasteiger partial charge in [-0.05, 0) is 31.2 Å². The lowest BCUT2D eigenvalue weighted by Crippen LogP contribution is -2.56. The standard InChI is InChI=1S/C12H15ClO4S/c1-6-9(14)11(18)10(15)12(16-6)17-8-4-2-7(13)3-5-8/h2-6,9-12,14-15,18H,1H3/t6-,9+,10-,11+,12?/m0/s1. The Kier molecular flexibility index (Phi) is 4.40. The molecule has 0 saturated carbocycles. The topological polar surface area (TPSA) is 58.9 Å². The fourth-order valence-corrected chi connectivity index (χ4v) is 2.27. The molecule has 1 unspecified atom stereocenters. The predicted octanol–water partition coefficient (Wildman–Crippen LogP) is 1.48. The highest BCUT2D eigenvalue weighted by atomic mass is 35.5. The number of benzene rings is 1. The predicted molar refractivity (Wildman–Crippen MR) is 71.2 cm³/mol. The molecule has 0 bridgehead atoms. The summed E-state index contributed by atoms with van der Waals surface area (Å²) in [5.41, 5.74) is 0. The summed E-state index contributed by atoms with van der Waals surface area (Å²) in [6, 6.07) is 6.73. The number of aliphatic hydroxyl groups excluding tert-OH is 2. The van der Waals surface area contributed by atoms with Gasteiger partial charge in [-0.3, -0.25) is 0 Å². The zero-order chi connectivity index (χ0) is 13.3. The summed E-state index contributed by atoms with van der Waals surface area (Å²) < 4.78 is 10.9. The van der Waals surface area contributed by atoms with Crippen molar-refractivity contribution in [2.75, 3.05) is 0 Å². The van der Waals surface area contributed by atoms with Gasteiger partial charge in [0.1, 0.15) is 11.9 Å². The van der Waals surface area contributed by atoms with Crippen LogP contribution in [-0.2, 0) is 4.74 Å². The third-order valence-corrected chi connectivity index (χ3v) is 3.74. The molecule has 1 aliphatic heterocycles. The quantitative estimate of drug-likeness (QED) is 0.722. The number of hydrogen-bond acceptors (Lipinski definition) is 5. The van der Waals surface area contributed by atoms with Crippen LogP contribution in [0.15, 0.2) is 24.3 Å². The van der Waals surface area contributed by atoms with E-state index in [-0.39, 0.29) is 0 Å². The van der Waals surface area contributed by atoms with Crippen LogP contribution >= 0.6 is 24.2 Å². The average Bonchev–Trinajstić information content (AvgIpc) is 2.36. The summed E-state index contributed by atoms with van der Waals surface area (Å²) >= 11 is 9.94. The Hall–Kier alpha value is -0.460. The van der Waals surface area contributed by atoms with Crippen molar-refractivity contribution in [1.29, 1.82) is 0 Å². The lowest BCUT2D eigenvalue weighted by atomic mass is 10.0. The molecule has 1 aromatic rings. The van der Waals surface area contributed by atoms with E-state index in [9.17, 15) is 10.2 Å². The van der Waals surface area contributed by atoms with Gasteiger partial charge in [-0.2, -0.15) is 12.6 Å². The van der Waals surface area contributed by atoms with Gasteiger partial charge in [0, 0.05) is 5.02 Å². The largest absolute Gasteiger partial charge is 0.462 e. The highest BCUT2D eigenvalue weighted by Crippen LogP contribution is 2.27. The van der Waals surface area contributed by atoms with E-state index in [1.54, 1.807) is 31.2 Å². The smallest absolute Gasteiger partial charge is 0.227 e. The molecule has 0 radical (unpaired) electrons. The lowest BCUT2D eigenvalue weighted by molar-refractivity contribution is -0.225. The van der Waals surface area contributed by atoms with Crippen molar-refractivity contribution in [2.24, 2.45) is 0 Å². The van der Waals surface area contributed by atoms with E-state index in [1.165, 1.54) is 0 Å². The first kappa shape index (κ1) is 14.0. The summed E-state index contributed by atoms with van der Waals surface area (Å²) in [6.07, 6.45) is -3.14. The van der Waals surface area contributed by atoms with Crippen molar-refractivity contribution in [1.82, 2.24) is 0 Å². The number of aliphatic hydroxyl groups is 2. The first-order valence-corrected chi connectivity index (χ1v) is 6.50. The maximum atomic E-state index is 9.93. The number of thiol groups is 1. The molecule has 1 aliphatic rings. The lowest BCUT2D eigenvalue weighted by Gasteiger charge is -2.39. The molecule has 4 nitrogen and oxygen atoms in total. The van der Waals surface area contributed by atoms with E-state index in [0.717, 1.165) is 0 Å². The molecule has 2 rings (SSSR count). The summed E-state index contributed by atoms with van der Waals surface area (Å²) in [6.45, 7) is 1.71. The molecule has 0 aromatic heterocycles. The number of ether oxygens (including phenoxy) is 2. The minimum absolute atomic E-state index is 0.451. The van der Waals surface area contributed by atoms with Gasteiger partial charge < -0.3 is 19.7 Å². The van der Waals surface area contributed by atoms with Crippen LogP contribution in [0.5, 0.6) is 5.75 Å². The van der Waals surface area contributed by atoms with Crippen molar-refractivity contribution in [2.45, 2.75) is 36.8 Å². The van der Waals surface area contributed by atoms with E-state index < -0.39 is 29.9 Å². The molecule has 1 aromatic carbocycles. The molecule has 0 aliphatic carbocycles. The SMILES string of the molecule is C[C@@H]1OC(Oc2ccc(Cl)cc2)[C@@H](O)[C@H](S)[C@@H]1O. The summed E-state index contributed by atoms with van der Waals surface area (Å²) in [5.74, 6) is 0.535. The van der Waals surface area contributed by atoms with Crippen LogP contribution in [0.3, 0.4) is 0 Å². The second-order valence-electron chi connectivity index (χ2n) is 4.25. The number of hydrogen-bond donors (Lipinski definition) is 3. The molecular weight excluding hydrogens is 276 g/mol. The monoisotopic (exact) mass is 290 g/mol. The Balaban J connectivity index is 2.06. The molecule has 1 saturated heterocycles. The zero-order valence-corrected chi connectivity index (χ0v) is 11.4. The second-order valence-corrected chi connectivity index (χ2v) is 5.29. The van der Waals surface area contributed by atoms with Crippen molar-refractivity contribution >= 4 is 24.2 Å². The maximum absolute atomic E-state index is 9.93. The highest BCUT2D eigenvalue weighted by molar-refractivity contribution is 7.81. The molecule has 18 heavy (non-hydrogen) atoms. The van der Waals surface area contributed by atoms with Crippen LogP contribution in [0.1, 0.15) is 6.92 Å². The minimum atomic E-state index is -1.00. The van der Waals surface area contributed by atoms with Crippen molar-refractivity contribution in [3.05, 3.63) is 29.3 Å². The molecular formula is C12H15ClO4S. The van der Waals surface area contributed by atoms with Crippen LogP contribution in [0.2, 0.25) is 5.02 Å². The van der Waals surface area contributed by atoms with Crippen LogP contribution in [0.25, 0.3) is 0 Å². The first-order valence-electron chi connectivity index (χ1n) is 5.61. The van der Waals surface area contributed by atoms with Crippen LogP contribution in [-0.4, -0.2) is 40.1 Å². The van der Waals surface area contributed by atoms with E-state index >= 15 is 0 Å². The first-order chi connectivity index (χ1) is 8.49. The molecule has 0 spiro atoms. The van der Waals surface area contributed by atoms with Gasteiger partial charge in [0.15, 0.2) is 0 Å². The van der Waals surface area contributed by atoms with Crippen LogP contribution in [0, 0.1) is 0 Å². The van der Waals surface area contributed by atoms with Gasteiger partial charge in [-0.15, -0.1) is 0 Å². The highest BCUT2D eigenvalue weighted by Gasteiger charge is 2.42. The summed E-state index contributed by atoms with van der Waals surface area (Å²) in [5, 5.41) is 19.6. The number of rotatable bonds is 2. The van der Waals surface area contributed by atoms with Crippen LogP contribution < -0.4 is 4.74 Å². The maximum Gasteiger partial charge on any atom is 0.227 e. The van der Waals surface area contributed by atoms with Gasteiger partial charge in [-0.1, -0.05) is 11.6 Å². The Morgan fingerprint density at radius 3 is 2.44 bits per heavy atom. The Morgan fingerprint density at radius 2 is 1.83 bits per heavy atom. The van der Waals surface area contributed by atoms with Crippen LogP contribution in [0.4, 0.5) is 0 Å². The normalized spacial score (nSPS) is 36.4. The fourth-order valence-electron chi connectivity index (χ4n) is 1.76. The van der Waals surface area contributed by atoms with E-state index in [0.29, 0.717) is 10.8 Å². The van der Waals surface area contributed by atoms with E-state index in [1.807, 2.05) is 0 Å². The Bertz CT molecular complexity index is 400. The second kappa shape index (κ2) is 5.67. The van der Waals surface area contributed by atoms with Gasteiger partial charge in [-0.25, -0.2) is 0 Å². The van der Waals surface area contributed by atoms with Crippen molar-refractivity contribution in [3.63, 3.8) is 0 Å². The van der Waals surface area contributed by atoms with Crippen molar-refractivity contribution in [3.8, 4) is 5.75 Å². The van der Waals surface area contributed by atoms with Gasteiger partial charge in [0.25, 0.3) is 0 Å². The molecule has 2 N–H and O–H groups in total. The average molecular weight is 291 g/mol. The Labute approximate surface area is 116 Å². The molecule has 0 amide bonds. The third kappa shape index (κ3) is 2.92. The zero-order valence-electron chi connectivity index (χ0n) is 9.73. The minimum Gasteiger partial charge on any atom is -0.462 e. The van der Waals surface area contributed by atoms with Gasteiger partial charge >= 0.3 is 0 Å². The molecule has 6 heteroatoms. The number of halogens is 1. The fraction of sp³-hybridized carbons (Fsp3) is 0.500. The summed E-state index contributed by atoms with van der Waals surface area (Å²) in [7, 11) is 0. The van der Waals surface area contributed by atoms with E-state index in [4.69, 9.17) is 21.1 Å². The molecule has 100 valence electrons. The third-order valence-electron chi connectivity index (χ3n) is 2.87. The summed E-state index contributed by atoms with van der Waals surface area (Å²) in [4.78, 5) is 0. The molecule has 1 heterocycles. The van der Waals surface area contributed by atoms with Gasteiger partial charge in [0.05, 0.1) is 17.5 Å². The van der Waals surface area contributed by atoms with Gasteiger partial charge in [0.2, 0.25) is 6.29 Å². The molecule has 5 atom stereocenters. The molecule has 1 fully saturated rings. The Morgan fingerprint density at radius 1 is 1.22 bits per heavy atom. The van der Waals surface area contributed by atoms with E-state index in [2.05, 4.69) is 12.6 Å².